The third kappa shape index (κ3) is 7.08. The number of hydrogen-bond donors (Lipinski definition) is 0. The van der Waals surface area contributed by atoms with Crippen LogP contribution in [0, 0.1) is 0 Å². The molecule has 1 aromatic heterocycles. The van der Waals surface area contributed by atoms with Crippen LogP contribution in [0.5, 0.6) is 0 Å². The second kappa shape index (κ2) is 13.8. The summed E-state index contributed by atoms with van der Waals surface area (Å²) < 4.78 is 59.5. The van der Waals surface area contributed by atoms with E-state index in [1.165, 1.54) is 19.9 Å². The average molecular weight is 743 g/mol. The van der Waals surface area contributed by atoms with Crippen molar-refractivity contribution in [2.24, 2.45) is 12.0 Å². The Morgan fingerprint density at radius 2 is 1.23 bits per heavy atom. The Balaban J connectivity index is 1.37. The van der Waals surface area contributed by atoms with Gasteiger partial charge in [-0.1, -0.05) is 65.9 Å². The second-order valence-corrected chi connectivity index (χ2v) is 18.3. The first-order valence-electron chi connectivity index (χ1n) is 15.9. The van der Waals surface area contributed by atoms with Gasteiger partial charge in [0.1, 0.15) is 14.8 Å². The molecule has 2 aliphatic heterocycles. The van der Waals surface area contributed by atoms with Gasteiger partial charge < -0.3 is 9.80 Å². The summed E-state index contributed by atoms with van der Waals surface area (Å²) in [5, 5.41) is 5.72. The fourth-order valence-electron chi connectivity index (χ4n) is 6.51. The van der Waals surface area contributed by atoms with Crippen LogP contribution in [0.1, 0.15) is 37.7 Å². The molecule has 3 aromatic rings. The van der Waals surface area contributed by atoms with Crippen molar-refractivity contribution >= 4 is 54.6 Å². The van der Waals surface area contributed by atoms with E-state index in [0.29, 0.717) is 67.7 Å². The molecule has 0 atom stereocenters. The van der Waals surface area contributed by atoms with Gasteiger partial charge >= 0.3 is 0 Å². The summed E-state index contributed by atoms with van der Waals surface area (Å²) in [6.07, 6.45) is 4.49. The fraction of sp³-hybridized carbons (Fsp3) is 0.548. The highest BCUT2D eigenvalue weighted by molar-refractivity contribution is 7.89. The van der Waals surface area contributed by atoms with Gasteiger partial charge in [-0.05, 0) is 56.8 Å². The minimum atomic E-state index is -3.80. The summed E-state index contributed by atoms with van der Waals surface area (Å²) in [5.41, 5.74) is 0.789. The summed E-state index contributed by atoms with van der Waals surface area (Å²) in [6, 6.07) is 10.3. The van der Waals surface area contributed by atoms with Crippen LogP contribution >= 0.6 is 34.5 Å². The van der Waals surface area contributed by atoms with Crippen LogP contribution < -0.4 is 4.80 Å². The first-order valence-corrected chi connectivity index (χ1v) is 20.3. The first-order chi connectivity index (χ1) is 22.3. The van der Waals surface area contributed by atoms with Crippen LogP contribution in [0.2, 0.25) is 10.0 Å². The number of aromatic nitrogens is 2. The Kier molecular flexibility index (Phi) is 10.3. The van der Waals surface area contributed by atoms with Crippen molar-refractivity contribution in [1.29, 1.82) is 0 Å². The maximum Gasteiger partial charge on any atom is 0.244 e. The zero-order valence-corrected chi connectivity index (χ0v) is 30.9. The van der Waals surface area contributed by atoms with E-state index in [4.69, 9.17) is 33.3 Å². The lowest BCUT2D eigenvalue weighted by molar-refractivity contribution is 0.222. The Bertz CT molecular complexity index is 1910. The number of nitrogens with zero attached hydrogens (tertiary/aromatic N) is 7. The molecule has 0 unspecified atom stereocenters. The minimum absolute atomic E-state index is 0.0663. The monoisotopic (exact) mass is 741 g/mol. The summed E-state index contributed by atoms with van der Waals surface area (Å²) in [5.74, 6) is 0. The second-order valence-electron chi connectivity index (χ2n) is 12.7. The molecule has 11 nitrogen and oxygen atoms in total. The molecular formula is C31H41Cl2N7O4S3. The summed E-state index contributed by atoms with van der Waals surface area (Å²) >= 11 is 14.4. The van der Waals surface area contributed by atoms with Gasteiger partial charge in [0.25, 0.3) is 0 Å². The minimum Gasteiger partial charge on any atom is -0.304 e. The molecule has 0 bridgehead atoms. The summed E-state index contributed by atoms with van der Waals surface area (Å²) in [4.78, 5) is 10.4. The molecule has 47 heavy (non-hydrogen) atoms. The van der Waals surface area contributed by atoms with E-state index in [1.54, 1.807) is 35.0 Å². The number of aryl methyl sites for hydroxylation is 1. The van der Waals surface area contributed by atoms with Gasteiger partial charge in [0.15, 0.2) is 0 Å². The molecule has 0 spiro atoms. The zero-order valence-electron chi connectivity index (χ0n) is 26.9. The van der Waals surface area contributed by atoms with Crippen LogP contribution in [-0.4, -0.2) is 111 Å². The third-order valence-corrected chi connectivity index (χ3v) is 15.3. The van der Waals surface area contributed by atoms with Gasteiger partial charge in [-0.3, -0.25) is 0 Å². The molecule has 0 radical (unpaired) electrons. The van der Waals surface area contributed by atoms with E-state index in [1.807, 2.05) is 27.2 Å². The van der Waals surface area contributed by atoms with E-state index in [-0.39, 0.29) is 19.8 Å². The maximum atomic E-state index is 13.8. The van der Waals surface area contributed by atoms with Gasteiger partial charge in [0.2, 0.25) is 24.8 Å². The smallest absolute Gasteiger partial charge is 0.244 e. The lowest BCUT2D eigenvalue weighted by Crippen LogP contribution is -2.47. The SMILES string of the molecule is CN1CCN(S(=O)(=O)c2cc(-c3nn(C)c(=NC4(c5ccc(Cl)c(S(=O)(=O)N6CCN(C)CC6)c5)CCCCC4)s3)ccc2Cl)CC1. The predicted molar refractivity (Wildman–Crippen MR) is 186 cm³/mol. The molecule has 16 heteroatoms. The number of benzene rings is 2. The molecule has 6 rings (SSSR count). The standard InChI is InChI=1S/C31H41Cl2N7O4S3/c1-36-13-17-39(18-14-36)46(41,42)27-21-23(7-9-25(27)32)29-35-38(3)30(45-29)34-31(11-5-4-6-12-31)24-8-10-26(33)28(22-24)47(43,44)40-19-15-37(2)16-20-40/h7-10,21-22H,4-6,11-20H2,1-3H3. The van der Waals surface area contributed by atoms with Crippen molar-refractivity contribution < 1.29 is 16.8 Å². The van der Waals surface area contributed by atoms with E-state index in [2.05, 4.69) is 9.80 Å². The fourth-order valence-corrected chi connectivity index (χ4v) is 11.3. The molecule has 1 aliphatic carbocycles. The molecule has 256 valence electrons. The van der Waals surface area contributed by atoms with E-state index in [9.17, 15) is 16.8 Å². The molecule has 3 aliphatic rings. The van der Waals surface area contributed by atoms with Crippen molar-refractivity contribution in [3.63, 3.8) is 0 Å². The zero-order chi connectivity index (χ0) is 33.6. The quantitative estimate of drug-likeness (QED) is 0.359. The van der Waals surface area contributed by atoms with E-state index >= 15 is 0 Å². The Morgan fingerprint density at radius 1 is 0.723 bits per heavy atom. The number of rotatable bonds is 7. The van der Waals surface area contributed by atoms with Crippen molar-refractivity contribution in [3.8, 4) is 10.6 Å². The average Bonchev–Trinajstić information content (AvgIpc) is 3.41. The van der Waals surface area contributed by atoms with Crippen LogP contribution in [0.3, 0.4) is 0 Å². The molecule has 3 fully saturated rings. The van der Waals surface area contributed by atoms with E-state index < -0.39 is 25.6 Å². The number of sulfonamides is 2. The highest BCUT2D eigenvalue weighted by Gasteiger charge is 2.37. The Morgan fingerprint density at radius 3 is 1.79 bits per heavy atom. The molecule has 3 heterocycles. The third-order valence-electron chi connectivity index (χ3n) is 9.50. The van der Waals surface area contributed by atoms with Gasteiger partial charge in [0.05, 0.1) is 15.6 Å². The summed E-state index contributed by atoms with van der Waals surface area (Å²) in [6.45, 7) is 4.27. The normalized spacial score (nSPS) is 21.3. The maximum absolute atomic E-state index is 13.8. The molecular weight excluding hydrogens is 701 g/mol. The molecule has 0 amide bonds. The van der Waals surface area contributed by atoms with Gasteiger partial charge in [-0.25, -0.2) is 26.5 Å². The topological polar surface area (TPSA) is 111 Å². The lowest BCUT2D eigenvalue weighted by Gasteiger charge is -2.35. The largest absolute Gasteiger partial charge is 0.304 e. The first kappa shape index (κ1) is 35.0. The van der Waals surface area contributed by atoms with Crippen LogP contribution in [0.25, 0.3) is 10.6 Å². The lowest BCUT2D eigenvalue weighted by atomic mass is 9.77. The molecule has 2 saturated heterocycles. The van der Waals surface area contributed by atoms with Gasteiger partial charge in [-0.2, -0.15) is 13.7 Å². The number of halogens is 2. The number of likely N-dealkylation sites (N-methyl/N-ethyl adjacent to an activating group) is 2. The van der Waals surface area contributed by atoms with E-state index in [0.717, 1.165) is 37.7 Å². The predicted octanol–water partition coefficient (Wildman–Crippen LogP) is 4.09. The van der Waals surface area contributed by atoms with Crippen molar-refractivity contribution in [2.45, 2.75) is 47.4 Å². The molecule has 2 aromatic carbocycles. The summed E-state index contributed by atoms with van der Waals surface area (Å²) in [7, 11) is -1.81. The van der Waals surface area contributed by atoms with Crippen LogP contribution in [0.15, 0.2) is 51.2 Å². The Hall–Kier alpha value is -1.88. The van der Waals surface area contributed by atoms with Crippen LogP contribution in [0.4, 0.5) is 0 Å². The molecule has 0 N–H and O–H groups in total. The number of hydrogen-bond acceptors (Lipinski definition) is 9. The van der Waals surface area contributed by atoms with Crippen molar-refractivity contribution in [1.82, 2.24) is 28.2 Å². The highest BCUT2D eigenvalue weighted by Crippen LogP contribution is 2.42. The van der Waals surface area contributed by atoms with Crippen molar-refractivity contribution in [3.05, 3.63) is 56.8 Å². The Labute approximate surface area is 291 Å². The molecule has 1 saturated carbocycles. The van der Waals surface area contributed by atoms with Gasteiger partial charge in [-0.15, -0.1) is 0 Å². The number of piperazine rings is 2. The van der Waals surface area contributed by atoms with Crippen molar-refractivity contribution in [2.75, 3.05) is 66.5 Å². The van der Waals surface area contributed by atoms with Crippen LogP contribution in [-0.2, 0) is 32.6 Å². The van der Waals surface area contributed by atoms with Gasteiger partial charge in [0, 0.05) is 65.0 Å². The highest BCUT2D eigenvalue weighted by atomic mass is 35.5.